The summed E-state index contributed by atoms with van der Waals surface area (Å²) in [5.74, 6) is 0.653. The highest BCUT2D eigenvalue weighted by atomic mass is 35.5. The Bertz CT molecular complexity index is 1290. The number of carbonyl (C=O) groups is 1. The number of benzene rings is 1. The number of anilines is 1. The zero-order chi connectivity index (χ0) is 26.3. The van der Waals surface area contributed by atoms with Gasteiger partial charge in [0, 0.05) is 36.6 Å². The van der Waals surface area contributed by atoms with E-state index in [1.54, 1.807) is 0 Å². The van der Waals surface area contributed by atoms with Crippen molar-refractivity contribution in [2.45, 2.75) is 77.9 Å². The molecule has 2 aliphatic heterocycles. The standard InChI is InChI=1S/C28H37ClN6O2/c1-17-14-21(29)7-9-23(17)20(4)35-28-27(19(3)32-35)30-15-25(31-28)33-13-11-24(18(2)16-33)34-12-5-6-22(34)8-10-26(36)37/h7,9,14-15,18,20,22,24H,5-6,8,10-13,16H2,1-4H3,(H,36,37). The number of carboxylic acid groups (broad SMARTS) is 1. The zero-order valence-electron chi connectivity index (χ0n) is 22.2. The second-order valence-electron chi connectivity index (χ2n) is 10.9. The van der Waals surface area contributed by atoms with Gasteiger partial charge in [0.05, 0.1) is 17.9 Å². The molecule has 198 valence electrons. The molecule has 0 spiro atoms. The Labute approximate surface area is 223 Å². The average Bonchev–Trinajstić information content (AvgIpc) is 3.46. The number of likely N-dealkylation sites (tertiary alicyclic amines) is 1. The summed E-state index contributed by atoms with van der Waals surface area (Å²) in [6, 6.07) is 6.85. The molecule has 1 N–H and O–H groups in total. The third-order valence-corrected chi connectivity index (χ3v) is 8.57. The quantitative estimate of drug-likeness (QED) is 0.451. The predicted octanol–water partition coefficient (Wildman–Crippen LogP) is 5.25. The Balaban J connectivity index is 1.36. The van der Waals surface area contributed by atoms with Gasteiger partial charge in [-0.3, -0.25) is 9.69 Å². The molecule has 4 heterocycles. The van der Waals surface area contributed by atoms with E-state index in [-0.39, 0.29) is 12.5 Å². The maximum atomic E-state index is 11.1. The first-order chi connectivity index (χ1) is 17.7. The number of halogens is 1. The van der Waals surface area contributed by atoms with Gasteiger partial charge >= 0.3 is 5.97 Å². The average molecular weight is 525 g/mol. The van der Waals surface area contributed by atoms with Gasteiger partial charge in [-0.25, -0.2) is 14.6 Å². The van der Waals surface area contributed by atoms with Crippen LogP contribution in [-0.2, 0) is 4.79 Å². The maximum Gasteiger partial charge on any atom is 0.303 e. The monoisotopic (exact) mass is 524 g/mol. The van der Waals surface area contributed by atoms with Gasteiger partial charge in [0.1, 0.15) is 11.3 Å². The van der Waals surface area contributed by atoms with Crippen molar-refractivity contribution < 1.29 is 9.90 Å². The number of aryl methyl sites for hydroxylation is 2. The maximum absolute atomic E-state index is 11.1. The molecule has 2 saturated heterocycles. The van der Waals surface area contributed by atoms with Crippen LogP contribution in [0.1, 0.15) is 68.8 Å². The largest absolute Gasteiger partial charge is 0.481 e. The van der Waals surface area contributed by atoms with E-state index in [4.69, 9.17) is 31.8 Å². The molecule has 0 bridgehead atoms. The Morgan fingerprint density at radius 1 is 1.24 bits per heavy atom. The summed E-state index contributed by atoms with van der Waals surface area (Å²) < 4.78 is 1.99. The molecule has 8 nitrogen and oxygen atoms in total. The summed E-state index contributed by atoms with van der Waals surface area (Å²) in [6.07, 6.45) is 6.20. The third kappa shape index (κ3) is 5.18. The minimum Gasteiger partial charge on any atom is -0.481 e. The Morgan fingerprint density at radius 2 is 2.05 bits per heavy atom. The molecule has 3 aromatic rings. The van der Waals surface area contributed by atoms with E-state index in [1.807, 2.05) is 29.9 Å². The van der Waals surface area contributed by atoms with Gasteiger partial charge in [-0.15, -0.1) is 0 Å². The van der Waals surface area contributed by atoms with Crippen LogP contribution >= 0.6 is 11.6 Å². The first-order valence-electron chi connectivity index (χ1n) is 13.4. The number of nitrogens with zero attached hydrogens (tertiary/aromatic N) is 6. The summed E-state index contributed by atoms with van der Waals surface area (Å²) in [5, 5.41) is 14.7. The topological polar surface area (TPSA) is 87.4 Å². The van der Waals surface area contributed by atoms with Gasteiger partial charge < -0.3 is 10.0 Å². The van der Waals surface area contributed by atoms with Crippen LogP contribution in [0.15, 0.2) is 24.4 Å². The first kappa shape index (κ1) is 25.9. The molecule has 1 aromatic carbocycles. The summed E-state index contributed by atoms with van der Waals surface area (Å²) in [5.41, 5.74) is 4.81. The fraction of sp³-hybridized carbons (Fsp3) is 0.571. The molecule has 4 atom stereocenters. The first-order valence-corrected chi connectivity index (χ1v) is 13.8. The van der Waals surface area contributed by atoms with Crippen molar-refractivity contribution in [3.8, 4) is 0 Å². The van der Waals surface area contributed by atoms with Crippen molar-refractivity contribution in [1.29, 1.82) is 0 Å². The van der Waals surface area contributed by atoms with Crippen LogP contribution in [0.3, 0.4) is 0 Å². The molecule has 37 heavy (non-hydrogen) atoms. The third-order valence-electron chi connectivity index (χ3n) is 8.33. The molecule has 0 aliphatic carbocycles. The van der Waals surface area contributed by atoms with E-state index in [1.165, 1.54) is 5.56 Å². The van der Waals surface area contributed by atoms with Crippen molar-refractivity contribution in [3.63, 3.8) is 0 Å². The van der Waals surface area contributed by atoms with E-state index in [2.05, 4.69) is 36.6 Å². The van der Waals surface area contributed by atoms with Crippen LogP contribution < -0.4 is 4.90 Å². The molecule has 0 amide bonds. The molecule has 2 fully saturated rings. The van der Waals surface area contributed by atoms with E-state index in [9.17, 15) is 4.79 Å². The second-order valence-corrected chi connectivity index (χ2v) is 11.3. The van der Waals surface area contributed by atoms with Gasteiger partial charge in [-0.2, -0.15) is 5.10 Å². The molecule has 9 heteroatoms. The number of hydrogen-bond donors (Lipinski definition) is 1. The van der Waals surface area contributed by atoms with Gasteiger partial charge in [-0.1, -0.05) is 24.6 Å². The van der Waals surface area contributed by atoms with Gasteiger partial charge in [0.15, 0.2) is 5.65 Å². The second kappa shape index (κ2) is 10.6. The van der Waals surface area contributed by atoms with Crippen LogP contribution in [0.25, 0.3) is 11.2 Å². The lowest BCUT2D eigenvalue weighted by atomic mass is 9.91. The van der Waals surface area contributed by atoms with E-state index < -0.39 is 5.97 Å². The van der Waals surface area contributed by atoms with E-state index in [0.717, 1.165) is 78.6 Å². The predicted molar refractivity (Wildman–Crippen MR) is 146 cm³/mol. The van der Waals surface area contributed by atoms with Crippen LogP contribution in [-0.4, -0.2) is 67.4 Å². The summed E-state index contributed by atoms with van der Waals surface area (Å²) >= 11 is 6.20. The highest BCUT2D eigenvalue weighted by Crippen LogP contribution is 2.33. The lowest BCUT2D eigenvalue weighted by Gasteiger charge is -2.43. The number of aromatic nitrogens is 4. The zero-order valence-corrected chi connectivity index (χ0v) is 22.9. The van der Waals surface area contributed by atoms with Crippen LogP contribution in [0.4, 0.5) is 5.82 Å². The molecular weight excluding hydrogens is 488 g/mol. The number of fused-ring (bicyclic) bond motifs is 1. The number of aliphatic carboxylic acids is 1. The van der Waals surface area contributed by atoms with Crippen molar-refractivity contribution in [3.05, 3.63) is 46.2 Å². The van der Waals surface area contributed by atoms with Crippen molar-refractivity contribution >= 4 is 34.6 Å². The van der Waals surface area contributed by atoms with Crippen LogP contribution in [0, 0.1) is 19.8 Å². The van der Waals surface area contributed by atoms with E-state index in [0.29, 0.717) is 18.0 Å². The van der Waals surface area contributed by atoms with Crippen molar-refractivity contribution in [2.75, 3.05) is 24.5 Å². The molecule has 4 unspecified atom stereocenters. The SMILES string of the molecule is Cc1cc(Cl)ccc1C(C)n1nc(C)c2ncc(N3CCC(N4CCCC4CCC(=O)O)C(C)C3)nc21. The number of carboxylic acids is 1. The molecular formula is C28H37ClN6O2. The molecule has 2 aromatic heterocycles. The van der Waals surface area contributed by atoms with Gasteiger partial charge in [-0.05, 0) is 82.2 Å². The fourth-order valence-corrected chi connectivity index (χ4v) is 6.66. The van der Waals surface area contributed by atoms with E-state index >= 15 is 0 Å². The Kier molecular flexibility index (Phi) is 7.41. The number of rotatable bonds is 7. The molecule has 5 rings (SSSR count). The normalized spacial score (nSPS) is 23.6. The minimum atomic E-state index is -0.696. The smallest absolute Gasteiger partial charge is 0.303 e. The lowest BCUT2D eigenvalue weighted by Crippen LogP contribution is -2.52. The molecule has 2 aliphatic rings. The van der Waals surface area contributed by atoms with Gasteiger partial charge in [0.25, 0.3) is 0 Å². The Morgan fingerprint density at radius 3 is 2.78 bits per heavy atom. The summed E-state index contributed by atoms with van der Waals surface area (Å²) in [7, 11) is 0. The summed E-state index contributed by atoms with van der Waals surface area (Å²) in [4.78, 5) is 25.9. The van der Waals surface area contributed by atoms with Crippen molar-refractivity contribution in [2.24, 2.45) is 5.92 Å². The highest BCUT2D eigenvalue weighted by molar-refractivity contribution is 6.30. The molecule has 0 saturated carbocycles. The minimum absolute atomic E-state index is 0.000536. The summed E-state index contributed by atoms with van der Waals surface area (Å²) in [6.45, 7) is 11.4. The molecule has 0 radical (unpaired) electrons. The van der Waals surface area contributed by atoms with Gasteiger partial charge in [0.2, 0.25) is 0 Å². The fourth-order valence-electron chi connectivity index (χ4n) is 6.43. The van der Waals surface area contributed by atoms with Crippen LogP contribution in [0.2, 0.25) is 5.02 Å². The number of piperidine rings is 1. The van der Waals surface area contributed by atoms with Crippen LogP contribution in [0.5, 0.6) is 0 Å². The van der Waals surface area contributed by atoms with Crippen molar-refractivity contribution in [1.82, 2.24) is 24.6 Å². The lowest BCUT2D eigenvalue weighted by molar-refractivity contribution is -0.137. The number of hydrogen-bond acceptors (Lipinski definition) is 6. The highest BCUT2D eigenvalue weighted by Gasteiger charge is 2.37. The Hall–Kier alpha value is -2.71.